The van der Waals surface area contributed by atoms with Crippen LogP contribution in [-0.4, -0.2) is 4.21 Å². The summed E-state index contributed by atoms with van der Waals surface area (Å²) in [4.78, 5) is 6.47. The number of thiophene rings is 1. The van der Waals surface area contributed by atoms with Gasteiger partial charge in [0, 0.05) is 26.7 Å². The first-order valence-electron chi connectivity index (χ1n) is 18.3. The summed E-state index contributed by atoms with van der Waals surface area (Å²) < 4.78 is 17.8. The minimum Gasteiger partial charge on any atom is -0.310 e. The number of benzene rings is 8. The number of fused-ring (bicyclic) bond motifs is 15. The van der Waals surface area contributed by atoms with E-state index < -0.39 is 16.2 Å². The van der Waals surface area contributed by atoms with Gasteiger partial charge in [0.15, 0.2) is 0 Å². The average molecular weight is 727 g/mol. The van der Waals surface area contributed by atoms with Crippen LogP contribution >= 0.6 is 11.3 Å². The molecule has 2 aliphatic heterocycles. The van der Waals surface area contributed by atoms with E-state index in [9.17, 15) is 0 Å². The molecule has 0 amide bonds. The smallest absolute Gasteiger partial charge is 0.0898 e. The Balaban J connectivity index is 1.19. The van der Waals surface area contributed by atoms with Crippen molar-refractivity contribution in [1.29, 1.82) is 0 Å². The van der Waals surface area contributed by atoms with Crippen molar-refractivity contribution in [3.05, 3.63) is 204 Å². The van der Waals surface area contributed by atoms with Crippen LogP contribution in [0.1, 0.15) is 22.3 Å². The standard InChI is InChI=1S/C49H30N2OS2/c52-54-45-28-13-11-25-41(45)51(42-26-14-19-33-32-17-5-12-27-44(32)53-47(33)42)43-30-29-38-46(48(43)54)34-18-4-6-20-35(34)49(38)36-21-7-9-23-39(36)50(31-15-2-1-3-16-31)40-24-10-8-22-37(40)49/h1-30H. The summed E-state index contributed by atoms with van der Waals surface area (Å²) in [5.41, 5.74) is 12.8. The molecule has 3 heterocycles. The molecule has 9 aromatic rings. The van der Waals surface area contributed by atoms with E-state index >= 15 is 4.21 Å². The van der Waals surface area contributed by atoms with Crippen LogP contribution < -0.4 is 9.80 Å². The van der Waals surface area contributed by atoms with Gasteiger partial charge in [-0.3, -0.25) is 0 Å². The molecule has 0 saturated carbocycles. The van der Waals surface area contributed by atoms with Crippen molar-refractivity contribution in [3.63, 3.8) is 0 Å². The Hall–Kier alpha value is -6.27. The van der Waals surface area contributed by atoms with E-state index in [4.69, 9.17) is 0 Å². The average Bonchev–Trinajstić information content (AvgIpc) is 3.76. The van der Waals surface area contributed by atoms with Crippen molar-refractivity contribution in [3.8, 4) is 11.1 Å². The van der Waals surface area contributed by atoms with Gasteiger partial charge in [-0.1, -0.05) is 127 Å². The summed E-state index contributed by atoms with van der Waals surface area (Å²) in [5.74, 6) is 0. The number of anilines is 6. The lowest BCUT2D eigenvalue weighted by Crippen LogP contribution is -2.36. The van der Waals surface area contributed by atoms with Gasteiger partial charge in [-0.2, -0.15) is 0 Å². The second-order valence-corrected chi connectivity index (χ2v) is 16.6. The van der Waals surface area contributed by atoms with E-state index in [0.717, 1.165) is 55.0 Å². The second-order valence-electron chi connectivity index (χ2n) is 14.2. The molecule has 0 fully saturated rings. The monoisotopic (exact) mass is 726 g/mol. The van der Waals surface area contributed by atoms with Crippen LogP contribution in [0.3, 0.4) is 0 Å². The normalized spacial score (nSPS) is 15.7. The molecule has 12 rings (SSSR count). The van der Waals surface area contributed by atoms with Gasteiger partial charge in [-0.15, -0.1) is 11.3 Å². The predicted octanol–water partition coefficient (Wildman–Crippen LogP) is 13.2. The Morgan fingerprint density at radius 2 is 1.06 bits per heavy atom. The minimum absolute atomic E-state index is 0.628. The van der Waals surface area contributed by atoms with Crippen LogP contribution in [0.15, 0.2) is 192 Å². The maximum Gasteiger partial charge on any atom is 0.0898 e. The molecule has 1 aliphatic carbocycles. The fourth-order valence-electron chi connectivity index (χ4n) is 9.58. The quantitative estimate of drug-likeness (QED) is 0.177. The van der Waals surface area contributed by atoms with Gasteiger partial charge in [-0.25, -0.2) is 4.21 Å². The van der Waals surface area contributed by atoms with Crippen LogP contribution in [0.4, 0.5) is 34.1 Å². The molecule has 3 nitrogen and oxygen atoms in total. The van der Waals surface area contributed by atoms with E-state index in [0.29, 0.717) is 0 Å². The van der Waals surface area contributed by atoms with E-state index in [2.05, 4.69) is 180 Å². The van der Waals surface area contributed by atoms with Crippen molar-refractivity contribution < 1.29 is 4.21 Å². The molecule has 1 spiro atoms. The number of para-hydroxylation sites is 4. The molecule has 0 saturated heterocycles. The van der Waals surface area contributed by atoms with Crippen molar-refractivity contribution in [2.24, 2.45) is 0 Å². The SMILES string of the molecule is O=S1c2ccccc2N(c2cccc3c2sc2ccccc23)c2ccc3c(c21)-c1ccccc1C31c2ccccc2N(c2ccccc2)c2ccccc21. The van der Waals surface area contributed by atoms with Gasteiger partial charge < -0.3 is 9.80 Å². The van der Waals surface area contributed by atoms with Crippen LogP contribution in [0.5, 0.6) is 0 Å². The maximum absolute atomic E-state index is 15.3. The highest BCUT2D eigenvalue weighted by Crippen LogP contribution is 2.66. The highest BCUT2D eigenvalue weighted by molar-refractivity contribution is 7.85. The van der Waals surface area contributed by atoms with E-state index in [1.165, 1.54) is 42.4 Å². The predicted molar refractivity (Wildman–Crippen MR) is 224 cm³/mol. The molecule has 8 aromatic carbocycles. The van der Waals surface area contributed by atoms with Gasteiger partial charge in [0.05, 0.1) is 59.1 Å². The summed E-state index contributed by atoms with van der Waals surface area (Å²) in [7, 11) is -1.44. The Bertz CT molecular complexity index is 3010. The molecule has 1 atom stereocenters. The molecule has 3 aliphatic rings. The third kappa shape index (κ3) is 3.77. The summed E-state index contributed by atoms with van der Waals surface area (Å²) in [6.45, 7) is 0. The molecule has 54 heavy (non-hydrogen) atoms. The number of hydrogen-bond acceptors (Lipinski definition) is 4. The van der Waals surface area contributed by atoms with Gasteiger partial charge in [-0.05, 0) is 82.4 Å². The molecule has 1 unspecified atom stereocenters. The topological polar surface area (TPSA) is 23.6 Å². The van der Waals surface area contributed by atoms with E-state index in [1.54, 1.807) is 0 Å². The number of nitrogens with zero attached hydrogens (tertiary/aromatic N) is 2. The highest BCUT2D eigenvalue weighted by Gasteiger charge is 2.53. The van der Waals surface area contributed by atoms with E-state index in [1.807, 2.05) is 23.5 Å². The lowest BCUT2D eigenvalue weighted by molar-refractivity contribution is 0.682. The Morgan fingerprint density at radius 3 is 1.85 bits per heavy atom. The molecular weight excluding hydrogens is 697 g/mol. The Labute approximate surface area is 319 Å². The van der Waals surface area contributed by atoms with Crippen LogP contribution in [0.25, 0.3) is 31.3 Å². The van der Waals surface area contributed by atoms with Crippen LogP contribution in [0, 0.1) is 0 Å². The summed E-state index contributed by atoms with van der Waals surface area (Å²) in [6.07, 6.45) is 0. The van der Waals surface area contributed by atoms with Gasteiger partial charge in [0.25, 0.3) is 0 Å². The fraction of sp³-hybridized carbons (Fsp3) is 0.0204. The van der Waals surface area contributed by atoms with Gasteiger partial charge >= 0.3 is 0 Å². The zero-order chi connectivity index (χ0) is 35.5. The van der Waals surface area contributed by atoms with Crippen LogP contribution in [-0.2, 0) is 16.2 Å². The maximum atomic E-state index is 15.3. The lowest BCUT2D eigenvalue weighted by Gasteiger charge is -2.45. The largest absolute Gasteiger partial charge is 0.310 e. The third-order valence-corrected chi connectivity index (χ3v) is 14.3. The lowest BCUT2D eigenvalue weighted by atomic mass is 9.64. The first-order valence-corrected chi connectivity index (χ1v) is 20.2. The molecule has 0 bridgehead atoms. The Kier molecular flexibility index (Phi) is 6.22. The highest BCUT2D eigenvalue weighted by atomic mass is 32.2. The third-order valence-electron chi connectivity index (χ3n) is 11.6. The summed E-state index contributed by atoms with van der Waals surface area (Å²) >= 11 is 1.82. The summed E-state index contributed by atoms with van der Waals surface area (Å²) in [6, 6.07) is 65.3. The van der Waals surface area contributed by atoms with Crippen molar-refractivity contribution in [1.82, 2.24) is 0 Å². The zero-order valence-electron chi connectivity index (χ0n) is 28.9. The number of hydrogen-bond donors (Lipinski definition) is 0. The zero-order valence-corrected chi connectivity index (χ0v) is 30.6. The Morgan fingerprint density at radius 1 is 0.444 bits per heavy atom. The van der Waals surface area contributed by atoms with Gasteiger partial charge in [0.1, 0.15) is 0 Å². The van der Waals surface area contributed by atoms with E-state index in [-0.39, 0.29) is 0 Å². The van der Waals surface area contributed by atoms with Crippen LogP contribution in [0.2, 0.25) is 0 Å². The molecule has 0 radical (unpaired) electrons. The second kappa shape index (κ2) is 11.1. The van der Waals surface area contributed by atoms with Gasteiger partial charge in [0.2, 0.25) is 0 Å². The molecular formula is C49H30N2OS2. The molecule has 5 heteroatoms. The first kappa shape index (κ1) is 30.2. The van der Waals surface area contributed by atoms with Crippen molar-refractivity contribution in [2.45, 2.75) is 15.2 Å². The molecule has 0 N–H and O–H groups in total. The first-order chi connectivity index (χ1) is 26.7. The summed E-state index contributed by atoms with van der Waals surface area (Å²) in [5, 5.41) is 2.50. The van der Waals surface area contributed by atoms with Crippen molar-refractivity contribution in [2.75, 3.05) is 9.80 Å². The fourth-order valence-corrected chi connectivity index (χ4v) is 12.3. The molecule has 254 valence electrons. The minimum atomic E-state index is -1.44. The number of rotatable bonds is 2. The molecule has 1 aromatic heterocycles. The van der Waals surface area contributed by atoms with Crippen molar-refractivity contribution >= 4 is 76.4 Å².